The van der Waals surface area contributed by atoms with Gasteiger partial charge in [0, 0.05) is 24.7 Å². The Morgan fingerprint density at radius 2 is 2.30 bits per heavy atom. The zero-order valence-electron chi connectivity index (χ0n) is 12.6. The summed E-state index contributed by atoms with van der Waals surface area (Å²) < 4.78 is 29.4. The molecule has 2 aliphatic heterocycles. The third kappa shape index (κ3) is 4.61. The second-order valence-corrected chi connectivity index (χ2v) is 9.53. The summed E-state index contributed by atoms with van der Waals surface area (Å²) in [5, 5.41) is 3.46. The van der Waals surface area contributed by atoms with Crippen LogP contribution in [0.3, 0.4) is 0 Å². The molecule has 2 aliphatic rings. The molecular weight excluding hydrogens is 294 g/mol. The van der Waals surface area contributed by atoms with Gasteiger partial charge in [-0.15, -0.1) is 0 Å². The van der Waals surface area contributed by atoms with Crippen LogP contribution in [0.2, 0.25) is 0 Å². The van der Waals surface area contributed by atoms with Crippen molar-refractivity contribution in [3.63, 3.8) is 0 Å². The fourth-order valence-electron chi connectivity index (χ4n) is 3.29. The number of sulfone groups is 1. The first-order valence-electron chi connectivity index (χ1n) is 7.57. The molecular formula is C14H27NO3S2. The van der Waals surface area contributed by atoms with Crippen molar-refractivity contribution in [3.05, 3.63) is 0 Å². The summed E-state index contributed by atoms with van der Waals surface area (Å²) in [6, 6.07) is 0.0799. The zero-order chi connectivity index (χ0) is 14.6. The van der Waals surface area contributed by atoms with Crippen molar-refractivity contribution in [2.45, 2.75) is 44.2 Å². The van der Waals surface area contributed by atoms with Crippen molar-refractivity contribution in [2.24, 2.45) is 5.92 Å². The third-order valence-corrected chi connectivity index (χ3v) is 6.49. The molecule has 0 aromatic heterocycles. The summed E-state index contributed by atoms with van der Waals surface area (Å²) in [6.45, 7) is 3.78. The molecule has 118 valence electrons. The van der Waals surface area contributed by atoms with Crippen molar-refractivity contribution in [2.75, 3.05) is 36.7 Å². The predicted molar refractivity (Wildman–Crippen MR) is 85.1 cm³/mol. The van der Waals surface area contributed by atoms with Crippen LogP contribution in [0, 0.1) is 5.92 Å². The Labute approximate surface area is 127 Å². The lowest BCUT2D eigenvalue weighted by Crippen LogP contribution is -2.49. The summed E-state index contributed by atoms with van der Waals surface area (Å²) in [4.78, 5) is 0. The molecule has 20 heavy (non-hydrogen) atoms. The summed E-state index contributed by atoms with van der Waals surface area (Å²) in [5.74, 6) is 2.92. The van der Waals surface area contributed by atoms with Crippen molar-refractivity contribution in [3.8, 4) is 0 Å². The Balaban J connectivity index is 2.03. The van der Waals surface area contributed by atoms with Gasteiger partial charge in [-0.25, -0.2) is 8.42 Å². The first-order valence-corrected chi connectivity index (χ1v) is 10.8. The van der Waals surface area contributed by atoms with Gasteiger partial charge in [-0.05, 0) is 43.9 Å². The van der Waals surface area contributed by atoms with Gasteiger partial charge in [0.05, 0.1) is 11.4 Å². The first-order chi connectivity index (χ1) is 9.44. The number of hydrogen-bond donors (Lipinski definition) is 1. The zero-order valence-corrected chi connectivity index (χ0v) is 14.2. The normalized spacial score (nSPS) is 32.6. The maximum absolute atomic E-state index is 11.7. The Morgan fingerprint density at radius 3 is 2.90 bits per heavy atom. The number of hydrogen-bond acceptors (Lipinski definition) is 5. The summed E-state index contributed by atoms with van der Waals surface area (Å²) in [7, 11) is -2.95. The van der Waals surface area contributed by atoms with E-state index < -0.39 is 9.84 Å². The molecule has 0 aromatic carbocycles. The van der Waals surface area contributed by atoms with Gasteiger partial charge >= 0.3 is 0 Å². The van der Waals surface area contributed by atoms with Crippen LogP contribution in [0.15, 0.2) is 0 Å². The summed E-state index contributed by atoms with van der Waals surface area (Å²) in [5.41, 5.74) is 0.0250. The highest BCUT2D eigenvalue weighted by molar-refractivity contribution is 7.99. The second-order valence-electron chi connectivity index (χ2n) is 6.24. The van der Waals surface area contributed by atoms with Gasteiger partial charge in [-0.2, -0.15) is 11.8 Å². The molecule has 2 saturated heterocycles. The smallest absolute Gasteiger partial charge is 0.148 e. The van der Waals surface area contributed by atoms with Crippen molar-refractivity contribution < 1.29 is 13.2 Å². The van der Waals surface area contributed by atoms with Crippen LogP contribution >= 0.6 is 11.8 Å². The highest BCUT2D eigenvalue weighted by Gasteiger charge is 2.42. The molecule has 1 spiro atoms. The van der Waals surface area contributed by atoms with Crippen molar-refractivity contribution >= 4 is 21.6 Å². The quantitative estimate of drug-likeness (QED) is 0.807. The van der Waals surface area contributed by atoms with Crippen molar-refractivity contribution in [1.82, 2.24) is 5.32 Å². The Hall–Kier alpha value is 0.220. The van der Waals surface area contributed by atoms with E-state index in [1.807, 2.05) is 11.8 Å². The Bertz CT molecular complexity index is 405. The molecule has 3 atom stereocenters. The van der Waals surface area contributed by atoms with Crippen LogP contribution in [0.25, 0.3) is 0 Å². The Kier molecular flexibility index (Phi) is 5.79. The van der Waals surface area contributed by atoms with E-state index in [0.717, 1.165) is 44.6 Å². The SMILES string of the molecule is CCCNC(CS(C)(=O)=O)C1CCOC2(CCSC2)C1. The molecule has 0 radical (unpaired) electrons. The first kappa shape index (κ1) is 16.6. The minimum atomic E-state index is -2.95. The Morgan fingerprint density at radius 1 is 1.50 bits per heavy atom. The second kappa shape index (κ2) is 6.99. The van der Waals surface area contributed by atoms with E-state index in [-0.39, 0.29) is 17.4 Å². The van der Waals surface area contributed by atoms with Gasteiger partial charge in [0.15, 0.2) is 0 Å². The minimum absolute atomic E-state index is 0.0250. The molecule has 2 fully saturated rings. The molecule has 3 unspecified atom stereocenters. The highest BCUT2D eigenvalue weighted by Crippen LogP contribution is 2.41. The van der Waals surface area contributed by atoms with Crippen LogP contribution in [-0.4, -0.2) is 56.7 Å². The predicted octanol–water partition coefficient (Wildman–Crippen LogP) is 1.70. The number of rotatable bonds is 6. The monoisotopic (exact) mass is 321 g/mol. The van der Waals surface area contributed by atoms with Crippen LogP contribution in [0.4, 0.5) is 0 Å². The van der Waals surface area contributed by atoms with E-state index in [0.29, 0.717) is 5.92 Å². The van der Waals surface area contributed by atoms with Gasteiger partial charge < -0.3 is 10.1 Å². The van der Waals surface area contributed by atoms with E-state index in [2.05, 4.69) is 12.2 Å². The number of ether oxygens (including phenoxy) is 1. The largest absolute Gasteiger partial charge is 0.374 e. The van der Waals surface area contributed by atoms with Gasteiger partial charge in [0.25, 0.3) is 0 Å². The van der Waals surface area contributed by atoms with Crippen molar-refractivity contribution in [1.29, 1.82) is 0 Å². The number of thioether (sulfide) groups is 1. The van der Waals surface area contributed by atoms with E-state index in [1.165, 1.54) is 12.0 Å². The lowest BCUT2D eigenvalue weighted by molar-refractivity contribution is -0.0839. The van der Waals surface area contributed by atoms with Crippen LogP contribution < -0.4 is 5.32 Å². The number of nitrogens with one attached hydrogen (secondary N) is 1. The molecule has 0 amide bonds. The molecule has 2 heterocycles. The van der Waals surface area contributed by atoms with Crippen LogP contribution in [-0.2, 0) is 14.6 Å². The van der Waals surface area contributed by atoms with E-state index in [1.54, 1.807) is 0 Å². The summed E-state index contributed by atoms with van der Waals surface area (Å²) in [6.07, 6.45) is 5.48. The molecule has 1 N–H and O–H groups in total. The standard InChI is InChI=1S/C14H27NO3S2/c1-3-6-15-13(10-20(2,16)17)12-4-7-18-14(9-12)5-8-19-11-14/h12-13,15H,3-11H2,1-2H3. The molecule has 0 saturated carbocycles. The maximum Gasteiger partial charge on any atom is 0.148 e. The molecule has 4 nitrogen and oxygen atoms in total. The molecule has 0 aliphatic carbocycles. The van der Waals surface area contributed by atoms with Gasteiger partial charge in [0.1, 0.15) is 9.84 Å². The van der Waals surface area contributed by atoms with Crippen LogP contribution in [0.1, 0.15) is 32.6 Å². The highest BCUT2D eigenvalue weighted by atomic mass is 32.2. The fourth-order valence-corrected chi connectivity index (χ4v) is 5.71. The van der Waals surface area contributed by atoms with Crippen LogP contribution in [0.5, 0.6) is 0 Å². The van der Waals surface area contributed by atoms with Gasteiger partial charge in [0.2, 0.25) is 0 Å². The lowest BCUT2D eigenvalue weighted by Gasteiger charge is -2.41. The van der Waals surface area contributed by atoms with E-state index in [9.17, 15) is 8.42 Å². The molecule has 2 rings (SSSR count). The van der Waals surface area contributed by atoms with Gasteiger partial charge in [-0.1, -0.05) is 6.92 Å². The minimum Gasteiger partial charge on any atom is -0.374 e. The molecule has 0 aromatic rings. The van der Waals surface area contributed by atoms with E-state index in [4.69, 9.17) is 4.74 Å². The average Bonchev–Trinajstić information content (AvgIpc) is 2.81. The van der Waals surface area contributed by atoms with Gasteiger partial charge in [-0.3, -0.25) is 0 Å². The average molecular weight is 322 g/mol. The fraction of sp³-hybridized carbons (Fsp3) is 1.00. The van der Waals surface area contributed by atoms with E-state index >= 15 is 0 Å². The summed E-state index contributed by atoms with van der Waals surface area (Å²) >= 11 is 1.96. The lowest BCUT2D eigenvalue weighted by atomic mass is 9.81. The third-order valence-electron chi connectivity index (χ3n) is 4.31. The maximum atomic E-state index is 11.7. The topological polar surface area (TPSA) is 55.4 Å². The molecule has 0 bridgehead atoms. The molecule has 6 heteroatoms.